The Morgan fingerprint density at radius 1 is 1.10 bits per heavy atom. The van der Waals surface area contributed by atoms with Crippen molar-refractivity contribution in [3.8, 4) is 22.9 Å². The van der Waals surface area contributed by atoms with E-state index in [-0.39, 0.29) is 11.7 Å². The molecule has 1 heterocycles. The molecule has 0 aliphatic carbocycles. The van der Waals surface area contributed by atoms with Gasteiger partial charge in [-0.2, -0.15) is 0 Å². The van der Waals surface area contributed by atoms with Gasteiger partial charge >= 0.3 is 0 Å². The number of anilines is 2. The number of nitrogens with zero attached hydrogens (tertiary/aromatic N) is 4. The number of methoxy groups -OCH3 is 2. The molecule has 1 amide bonds. The van der Waals surface area contributed by atoms with Crippen LogP contribution in [0.1, 0.15) is 6.92 Å². The second kappa shape index (κ2) is 10.2. The zero-order valence-electron chi connectivity index (χ0n) is 18.4. The van der Waals surface area contributed by atoms with Gasteiger partial charge in [-0.1, -0.05) is 11.8 Å². The summed E-state index contributed by atoms with van der Waals surface area (Å²) in [7, 11) is 7.14. The van der Waals surface area contributed by atoms with Crippen molar-refractivity contribution in [1.29, 1.82) is 0 Å². The van der Waals surface area contributed by atoms with Crippen molar-refractivity contribution >= 4 is 29.0 Å². The van der Waals surface area contributed by atoms with E-state index in [9.17, 15) is 4.79 Å². The standard InChI is InChI=1S/C22H27N5O3S/c1-6-27-21(15-7-9-16(10-8-15)26(2)3)24-25-22(27)31-14-20(28)23-18-13-17(29-4)11-12-19(18)30-5/h7-13H,6,14H2,1-5H3,(H,23,28). The number of hydrogen-bond acceptors (Lipinski definition) is 7. The Morgan fingerprint density at radius 2 is 1.84 bits per heavy atom. The Balaban J connectivity index is 1.70. The smallest absolute Gasteiger partial charge is 0.234 e. The predicted octanol–water partition coefficient (Wildman–Crippen LogP) is 3.78. The number of carbonyl (C=O) groups excluding carboxylic acids is 1. The fourth-order valence-electron chi connectivity index (χ4n) is 3.03. The first-order valence-corrected chi connectivity index (χ1v) is 10.8. The molecular formula is C22H27N5O3S. The van der Waals surface area contributed by atoms with Crippen LogP contribution >= 0.6 is 11.8 Å². The lowest BCUT2D eigenvalue weighted by Gasteiger charge is -2.13. The van der Waals surface area contributed by atoms with Crippen molar-refractivity contribution in [2.75, 3.05) is 44.3 Å². The maximum absolute atomic E-state index is 12.5. The predicted molar refractivity (Wildman–Crippen MR) is 124 cm³/mol. The van der Waals surface area contributed by atoms with Crippen LogP contribution in [0.15, 0.2) is 47.6 Å². The van der Waals surface area contributed by atoms with Crippen LogP contribution in [0, 0.1) is 0 Å². The molecule has 0 unspecified atom stereocenters. The number of ether oxygens (including phenoxy) is 2. The van der Waals surface area contributed by atoms with Crippen LogP contribution in [0.5, 0.6) is 11.5 Å². The fraction of sp³-hybridized carbons (Fsp3) is 0.318. The van der Waals surface area contributed by atoms with Gasteiger partial charge in [-0.3, -0.25) is 4.79 Å². The molecule has 0 spiro atoms. The summed E-state index contributed by atoms with van der Waals surface area (Å²) < 4.78 is 12.5. The molecule has 164 valence electrons. The van der Waals surface area contributed by atoms with Crippen LogP contribution in [0.4, 0.5) is 11.4 Å². The van der Waals surface area contributed by atoms with Gasteiger partial charge in [0.1, 0.15) is 11.5 Å². The average Bonchev–Trinajstić information content (AvgIpc) is 3.20. The second-order valence-electron chi connectivity index (χ2n) is 6.89. The number of hydrogen-bond donors (Lipinski definition) is 1. The van der Waals surface area contributed by atoms with E-state index in [4.69, 9.17) is 9.47 Å². The lowest BCUT2D eigenvalue weighted by molar-refractivity contribution is -0.113. The molecule has 0 aliphatic rings. The summed E-state index contributed by atoms with van der Waals surface area (Å²) in [6, 6.07) is 13.4. The third kappa shape index (κ3) is 5.29. The molecule has 1 N–H and O–H groups in total. The van der Waals surface area contributed by atoms with Gasteiger partial charge in [0.05, 0.1) is 25.7 Å². The van der Waals surface area contributed by atoms with E-state index in [1.165, 1.54) is 11.8 Å². The summed E-state index contributed by atoms with van der Waals surface area (Å²) in [5.74, 6) is 2.01. The van der Waals surface area contributed by atoms with Crippen molar-refractivity contribution in [3.63, 3.8) is 0 Å². The largest absolute Gasteiger partial charge is 0.497 e. The zero-order valence-corrected chi connectivity index (χ0v) is 19.2. The van der Waals surface area contributed by atoms with Gasteiger partial charge in [-0.15, -0.1) is 10.2 Å². The third-order valence-corrected chi connectivity index (χ3v) is 5.65. The number of rotatable bonds is 9. The van der Waals surface area contributed by atoms with Crippen LogP contribution in [0.3, 0.4) is 0 Å². The highest BCUT2D eigenvalue weighted by molar-refractivity contribution is 7.99. The Bertz CT molecular complexity index is 1030. The van der Waals surface area contributed by atoms with E-state index in [0.29, 0.717) is 28.9 Å². The highest BCUT2D eigenvalue weighted by Crippen LogP contribution is 2.30. The van der Waals surface area contributed by atoms with E-state index >= 15 is 0 Å². The van der Waals surface area contributed by atoms with Gasteiger partial charge in [0.2, 0.25) is 5.91 Å². The van der Waals surface area contributed by atoms with Crippen molar-refractivity contribution in [2.24, 2.45) is 0 Å². The summed E-state index contributed by atoms with van der Waals surface area (Å²) in [5.41, 5.74) is 2.66. The maximum atomic E-state index is 12.5. The number of carbonyl (C=O) groups is 1. The second-order valence-corrected chi connectivity index (χ2v) is 7.84. The van der Waals surface area contributed by atoms with E-state index in [0.717, 1.165) is 17.1 Å². The zero-order chi connectivity index (χ0) is 22.4. The van der Waals surface area contributed by atoms with Gasteiger partial charge in [0, 0.05) is 38.0 Å². The molecule has 0 saturated carbocycles. The van der Waals surface area contributed by atoms with Gasteiger partial charge in [-0.25, -0.2) is 0 Å². The molecule has 8 nitrogen and oxygen atoms in total. The molecule has 0 aliphatic heterocycles. The van der Waals surface area contributed by atoms with E-state index in [2.05, 4.69) is 15.5 Å². The molecule has 3 aromatic rings. The van der Waals surface area contributed by atoms with E-state index < -0.39 is 0 Å². The number of thioether (sulfide) groups is 1. The fourth-order valence-corrected chi connectivity index (χ4v) is 3.83. The monoisotopic (exact) mass is 441 g/mol. The average molecular weight is 442 g/mol. The Morgan fingerprint density at radius 3 is 2.45 bits per heavy atom. The van der Waals surface area contributed by atoms with Crippen LogP contribution in [0.25, 0.3) is 11.4 Å². The Hall–Kier alpha value is -3.20. The number of nitrogens with one attached hydrogen (secondary N) is 1. The number of amides is 1. The summed E-state index contributed by atoms with van der Waals surface area (Å²) in [6.45, 7) is 2.73. The van der Waals surface area contributed by atoms with Crippen LogP contribution in [-0.4, -0.2) is 54.7 Å². The van der Waals surface area contributed by atoms with Crippen molar-refractivity contribution < 1.29 is 14.3 Å². The molecule has 0 fully saturated rings. The molecule has 31 heavy (non-hydrogen) atoms. The molecular weight excluding hydrogens is 414 g/mol. The Labute approximate surface area is 186 Å². The minimum Gasteiger partial charge on any atom is -0.497 e. The Kier molecular flexibility index (Phi) is 7.41. The van der Waals surface area contributed by atoms with Crippen molar-refractivity contribution in [1.82, 2.24) is 14.8 Å². The summed E-state index contributed by atoms with van der Waals surface area (Å²) in [5, 5.41) is 12.2. The molecule has 3 rings (SSSR count). The van der Waals surface area contributed by atoms with Crippen LogP contribution in [-0.2, 0) is 11.3 Å². The summed E-state index contributed by atoms with van der Waals surface area (Å²) in [4.78, 5) is 14.6. The minimum absolute atomic E-state index is 0.168. The van der Waals surface area contributed by atoms with Crippen molar-refractivity contribution in [3.05, 3.63) is 42.5 Å². The molecule has 1 aromatic heterocycles. The molecule has 9 heteroatoms. The lowest BCUT2D eigenvalue weighted by atomic mass is 10.2. The molecule has 2 aromatic carbocycles. The molecule has 0 radical (unpaired) electrons. The normalized spacial score (nSPS) is 10.6. The molecule has 0 saturated heterocycles. The number of benzene rings is 2. The van der Waals surface area contributed by atoms with Crippen LogP contribution in [0.2, 0.25) is 0 Å². The maximum Gasteiger partial charge on any atom is 0.234 e. The highest BCUT2D eigenvalue weighted by Gasteiger charge is 2.16. The highest BCUT2D eigenvalue weighted by atomic mass is 32.2. The molecule has 0 atom stereocenters. The van der Waals surface area contributed by atoms with Gasteiger partial charge < -0.3 is 24.3 Å². The van der Waals surface area contributed by atoms with Crippen molar-refractivity contribution in [2.45, 2.75) is 18.6 Å². The van der Waals surface area contributed by atoms with Gasteiger partial charge in [0.15, 0.2) is 11.0 Å². The first kappa shape index (κ1) is 22.5. The quantitative estimate of drug-likeness (QED) is 0.506. The third-order valence-electron chi connectivity index (χ3n) is 4.69. The summed E-state index contributed by atoms with van der Waals surface area (Å²) in [6.07, 6.45) is 0. The summed E-state index contributed by atoms with van der Waals surface area (Å²) >= 11 is 1.34. The van der Waals surface area contributed by atoms with Gasteiger partial charge in [-0.05, 0) is 43.3 Å². The van der Waals surface area contributed by atoms with E-state index in [1.54, 1.807) is 32.4 Å². The van der Waals surface area contributed by atoms with Gasteiger partial charge in [0.25, 0.3) is 0 Å². The molecule has 0 bridgehead atoms. The first-order chi connectivity index (χ1) is 15.0. The SMILES string of the molecule is CCn1c(SCC(=O)Nc2cc(OC)ccc2OC)nnc1-c1ccc(N(C)C)cc1. The first-order valence-electron chi connectivity index (χ1n) is 9.82. The van der Waals surface area contributed by atoms with E-state index in [1.807, 2.05) is 54.8 Å². The minimum atomic E-state index is -0.168. The lowest BCUT2D eigenvalue weighted by Crippen LogP contribution is -2.15. The number of aromatic nitrogens is 3. The topological polar surface area (TPSA) is 81.5 Å². The van der Waals surface area contributed by atoms with Crippen LogP contribution < -0.4 is 19.7 Å².